The van der Waals surface area contributed by atoms with E-state index in [1.807, 2.05) is 25.1 Å². The maximum atomic E-state index is 13.0. The van der Waals surface area contributed by atoms with Crippen molar-refractivity contribution in [3.8, 4) is 11.5 Å². The lowest BCUT2D eigenvalue weighted by atomic mass is 10.1. The van der Waals surface area contributed by atoms with Gasteiger partial charge in [-0.1, -0.05) is 54.6 Å². The number of nitrogens with one attached hydrogen (secondary N) is 1. The van der Waals surface area contributed by atoms with Gasteiger partial charge in [0.15, 0.2) is 6.61 Å². The molecule has 30 heavy (non-hydrogen) atoms. The predicted molar refractivity (Wildman–Crippen MR) is 114 cm³/mol. The highest BCUT2D eigenvalue weighted by molar-refractivity contribution is 5.97. The largest absolute Gasteiger partial charge is 0.495 e. The third-order valence-electron chi connectivity index (χ3n) is 4.30. The molecule has 1 atom stereocenters. The van der Waals surface area contributed by atoms with E-state index >= 15 is 0 Å². The van der Waals surface area contributed by atoms with Crippen molar-refractivity contribution in [3.05, 3.63) is 90.0 Å². The van der Waals surface area contributed by atoms with E-state index in [2.05, 4.69) is 5.32 Å². The Labute approximate surface area is 175 Å². The first-order valence-electron chi connectivity index (χ1n) is 9.44. The van der Waals surface area contributed by atoms with Crippen LogP contribution in [0.25, 0.3) is 0 Å². The highest BCUT2D eigenvalue weighted by Gasteiger charge is 2.26. The number of carbonyl (C=O) groups is 2. The zero-order valence-electron chi connectivity index (χ0n) is 16.8. The Morgan fingerprint density at radius 2 is 1.60 bits per heavy atom. The third-order valence-corrected chi connectivity index (χ3v) is 4.30. The highest BCUT2D eigenvalue weighted by atomic mass is 16.6. The number of hydrogen-bond donors (Lipinski definition) is 1. The number of carbonyl (C=O) groups excluding carboxylic acids is 2. The van der Waals surface area contributed by atoms with Crippen molar-refractivity contribution < 1.29 is 23.8 Å². The van der Waals surface area contributed by atoms with Gasteiger partial charge in [0, 0.05) is 5.56 Å². The maximum absolute atomic E-state index is 13.0. The van der Waals surface area contributed by atoms with Gasteiger partial charge in [-0.25, -0.2) is 4.79 Å². The molecule has 0 unspecified atom stereocenters. The summed E-state index contributed by atoms with van der Waals surface area (Å²) >= 11 is 0. The minimum absolute atomic E-state index is 0.311. The molecule has 0 aliphatic heterocycles. The van der Waals surface area contributed by atoms with E-state index in [0.717, 1.165) is 5.56 Å². The smallest absolute Gasteiger partial charge is 0.345 e. The van der Waals surface area contributed by atoms with E-state index in [9.17, 15) is 9.59 Å². The van der Waals surface area contributed by atoms with Gasteiger partial charge in [-0.05, 0) is 36.8 Å². The van der Waals surface area contributed by atoms with Crippen molar-refractivity contribution in [3.63, 3.8) is 0 Å². The number of aryl methyl sites for hydroxylation is 1. The molecule has 6 nitrogen and oxygen atoms in total. The predicted octanol–water partition coefficient (Wildman–Crippen LogP) is 4.31. The molecule has 0 aliphatic carbocycles. The van der Waals surface area contributed by atoms with Crippen molar-refractivity contribution >= 4 is 17.6 Å². The number of rotatable bonds is 8. The van der Waals surface area contributed by atoms with Crippen LogP contribution in [0.1, 0.15) is 17.2 Å². The SMILES string of the molecule is COc1ccc(C)cc1NC(=O)[C@@H](OC(=O)COc1ccccc1)c1ccccc1. The minimum atomic E-state index is -1.14. The lowest BCUT2D eigenvalue weighted by Crippen LogP contribution is -2.28. The summed E-state index contributed by atoms with van der Waals surface area (Å²) in [7, 11) is 1.52. The van der Waals surface area contributed by atoms with Crippen LogP contribution in [0.5, 0.6) is 11.5 Å². The second-order valence-corrected chi connectivity index (χ2v) is 6.58. The molecule has 3 aromatic carbocycles. The third kappa shape index (κ3) is 5.61. The quantitative estimate of drug-likeness (QED) is 0.566. The van der Waals surface area contributed by atoms with Crippen LogP contribution in [0.4, 0.5) is 5.69 Å². The molecule has 0 saturated carbocycles. The number of benzene rings is 3. The molecule has 1 N–H and O–H groups in total. The first kappa shape index (κ1) is 20.9. The normalized spacial score (nSPS) is 11.3. The van der Waals surface area contributed by atoms with Crippen LogP contribution in [0.3, 0.4) is 0 Å². The number of ether oxygens (including phenoxy) is 3. The molecule has 0 aromatic heterocycles. The molecular formula is C24H23NO5. The van der Waals surface area contributed by atoms with Gasteiger partial charge in [-0.3, -0.25) is 4.79 Å². The topological polar surface area (TPSA) is 73.9 Å². The molecule has 6 heteroatoms. The van der Waals surface area contributed by atoms with Crippen LogP contribution in [0, 0.1) is 6.92 Å². The lowest BCUT2D eigenvalue weighted by Gasteiger charge is -2.19. The van der Waals surface area contributed by atoms with E-state index in [0.29, 0.717) is 22.7 Å². The Morgan fingerprint density at radius 1 is 0.933 bits per heavy atom. The molecule has 0 radical (unpaired) electrons. The molecule has 0 fully saturated rings. The zero-order chi connectivity index (χ0) is 21.3. The fourth-order valence-corrected chi connectivity index (χ4v) is 2.84. The minimum Gasteiger partial charge on any atom is -0.495 e. The van der Waals surface area contributed by atoms with E-state index in [-0.39, 0.29) is 6.61 Å². The van der Waals surface area contributed by atoms with Gasteiger partial charge >= 0.3 is 5.97 Å². The number of methoxy groups -OCH3 is 1. The maximum Gasteiger partial charge on any atom is 0.345 e. The summed E-state index contributed by atoms with van der Waals surface area (Å²) in [5.41, 5.74) is 2.00. The van der Waals surface area contributed by atoms with E-state index < -0.39 is 18.0 Å². The molecule has 1 amide bonds. The summed E-state index contributed by atoms with van der Waals surface area (Å²) in [5.74, 6) is -0.0867. The lowest BCUT2D eigenvalue weighted by molar-refractivity contribution is -0.156. The molecule has 0 heterocycles. The summed E-state index contributed by atoms with van der Waals surface area (Å²) in [5, 5.41) is 2.80. The molecule has 3 rings (SSSR count). The summed E-state index contributed by atoms with van der Waals surface area (Å²) in [6, 6.07) is 23.2. The Bertz CT molecular complexity index is 989. The summed E-state index contributed by atoms with van der Waals surface area (Å²) in [6.45, 7) is 1.60. The fraction of sp³-hybridized carbons (Fsp3) is 0.167. The number of para-hydroxylation sites is 1. The fourth-order valence-electron chi connectivity index (χ4n) is 2.84. The molecule has 0 bridgehead atoms. The second kappa shape index (κ2) is 10.1. The number of amides is 1. The van der Waals surface area contributed by atoms with Crippen molar-refractivity contribution in [1.82, 2.24) is 0 Å². The van der Waals surface area contributed by atoms with Gasteiger partial charge in [0.2, 0.25) is 6.10 Å². The second-order valence-electron chi connectivity index (χ2n) is 6.58. The van der Waals surface area contributed by atoms with E-state index in [1.165, 1.54) is 7.11 Å². The van der Waals surface area contributed by atoms with Crippen LogP contribution in [-0.2, 0) is 14.3 Å². The van der Waals surface area contributed by atoms with Crippen LogP contribution in [-0.4, -0.2) is 25.6 Å². The Kier molecular flexibility index (Phi) is 7.05. The molecule has 3 aromatic rings. The van der Waals surface area contributed by atoms with Crippen LogP contribution < -0.4 is 14.8 Å². The first-order valence-corrected chi connectivity index (χ1v) is 9.44. The van der Waals surface area contributed by atoms with Crippen LogP contribution in [0.2, 0.25) is 0 Å². The number of anilines is 1. The summed E-state index contributed by atoms with van der Waals surface area (Å²) in [4.78, 5) is 25.4. The Hall–Kier alpha value is -3.80. The summed E-state index contributed by atoms with van der Waals surface area (Å²) in [6.07, 6.45) is -1.14. The van der Waals surface area contributed by atoms with Crippen molar-refractivity contribution in [2.75, 3.05) is 19.0 Å². The van der Waals surface area contributed by atoms with Gasteiger partial charge < -0.3 is 19.5 Å². The van der Waals surface area contributed by atoms with E-state index in [1.54, 1.807) is 60.7 Å². The average Bonchev–Trinajstić information content (AvgIpc) is 2.77. The molecule has 0 saturated heterocycles. The Balaban J connectivity index is 1.75. The zero-order valence-corrected chi connectivity index (χ0v) is 16.8. The average molecular weight is 405 g/mol. The summed E-state index contributed by atoms with van der Waals surface area (Å²) < 4.78 is 16.2. The number of hydrogen-bond acceptors (Lipinski definition) is 5. The van der Waals surface area contributed by atoms with Gasteiger partial charge in [-0.2, -0.15) is 0 Å². The van der Waals surface area contributed by atoms with Crippen LogP contribution in [0.15, 0.2) is 78.9 Å². The first-order chi connectivity index (χ1) is 14.6. The van der Waals surface area contributed by atoms with Crippen molar-refractivity contribution in [2.45, 2.75) is 13.0 Å². The Morgan fingerprint density at radius 3 is 2.27 bits per heavy atom. The molecule has 0 aliphatic rings. The van der Waals surface area contributed by atoms with Gasteiger partial charge in [-0.15, -0.1) is 0 Å². The van der Waals surface area contributed by atoms with Crippen molar-refractivity contribution in [2.24, 2.45) is 0 Å². The van der Waals surface area contributed by atoms with Crippen LogP contribution >= 0.6 is 0 Å². The van der Waals surface area contributed by atoms with E-state index in [4.69, 9.17) is 14.2 Å². The molecular weight excluding hydrogens is 382 g/mol. The van der Waals surface area contributed by atoms with Gasteiger partial charge in [0.1, 0.15) is 11.5 Å². The monoisotopic (exact) mass is 405 g/mol. The van der Waals surface area contributed by atoms with Gasteiger partial charge in [0.05, 0.1) is 12.8 Å². The van der Waals surface area contributed by atoms with Crippen molar-refractivity contribution in [1.29, 1.82) is 0 Å². The highest BCUT2D eigenvalue weighted by Crippen LogP contribution is 2.27. The van der Waals surface area contributed by atoms with Gasteiger partial charge in [0.25, 0.3) is 5.91 Å². The molecule has 154 valence electrons. The standard InChI is InChI=1S/C24H23NO5/c1-17-13-14-21(28-2)20(15-17)25-24(27)23(18-9-5-3-6-10-18)30-22(26)16-29-19-11-7-4-8-12-19/h3-15,23H,16H2,1-2H3,(H,25,27)/t23-/m0/s1. The molecule has 0 spiro atoms. The number of esters is 1.